The molecule has 0 bridgehead atoms. The largest absolute Gasteiger partial charge is 0.480 e. The number of hydrogen-bond acceptors (Lipinski definition) is 11. The maximum atomic E-state index is 11.8. The molecule has 44 heavy (non-hydrogen) atoms. The smallest absolute Gasteiger partial charge is 0.337 e. The van der Waals surface area contributed by atoms with Crippen molar-refractivity contribution in [2.75, 3.05) is 42.1 Å². The molecule has 6 N–H and O–H groups in total. The number of anilines is 4. The highest BCUT2D eigenvalue weighted by Gasteiger charge is 2.19. The third kappa shape index (κ3) is 8.56. The molecule has 0 aliphatic rings. The fourth-order valence-corrected chi connectivity index (χ4v) is 4.54. The average molecular weight is 644 g/mol. The van der Waals surface area contributed by atoms with E-state index in [1.165, 1.54) is 17.2 Å². The van der Waals surface area contributed by atoms with Crippen LogP contribution in [0, 0.1) is 6.92 Å². The predicted molar refractivity (Wildman–Crippen MR) is 163 cm³/mol. The van der Waals surface area contributed by atoms with E-state index in [0.717, 1.165) is 0 Å². The number of halogens is 2. The van der Waals surface area contributed by atoms with Crippen LogP contribution in [0.3, 0.4) is 0 Å². The number of benzene rings is 2. The van der Waals surface area contributed by atoms with Gasteiger partial charge in [0.1, 0.15) is 11.5 Å². The summed E-state index contributed by atoms with van der Waals surface area (Å²) in [4.78, 5) is 48.7. The molecule has 0 aliphatic heterocycles. The number of carboxylic acids is 3. The molecule has 2 aromatic heterocycles. The Morgan fingerprint density at radius 3 is 2.36 bits per heavy atom. The number of aromatic nitrogens is 3. The molecule has 230 valence electrons. The summed E-state index contributed by atoms with van der Waals surface area (Å²) < 4.78 is 5.89. The average Bonchev–Trinajstić information content (AvgIpc) is 3.42. The summed E-state index contributed by atoms with van der Waals surface area (Å²) in [7, 11) is 0. The van der Waals surface area contributed by atoms with Gasteiger partial charge in [-0.25, -0.2) is 19.7 Å². The van der Waals surface area contributed by atoms with Gasteiger partial charge in [-0.3, -0.25) is 14.5 Å². The van der Waals surface area contributed by atoms with Gasteiger partial charge in [-0.2, -0.15) is 0 Å². The van der Waals surface area contributed by atoms with E-state index in [2.05, 4.69) is 30.9 Å². The zero-order valence-corrected chi connectivity index (χ0v) is 24.7. The van der Waals surface area contributed by atoms with Crippen LogP contribution in [0.5, 0.6) is 0 Å². The molecule has 16 heteroatoms. The highest BCUT2D eigenvalue weighted by atomic mass is 35.5. The fraction of sp³-hybridized carbons (Fsp3) is 0.214. The standard InChI is InChI=1S/C28H27Cl2N7O7/c1-15-34-26(31-8-9-37(13-23(38)39)14-24(40)41)25(27(35-15)36-20-5-3-2-4-17(20)28(42)43)33-12-22-32-11-21(44-22)18-10-16(29)6-7-19(18)30/h2-7,10-11,33H,8-9,12-14H2,1H3,(H,38,39)(H,40,41)(H,42,43)(H2,31,34,35,36). The Bertz CT molecular complexity index is 1670. The second-order valence-corrected chi connectivity index (χ2v) is 10.2. The first-order valence-corrected chi connectivity index (χ1v) is 13.8. The molecule has 4 aromatic rings. The number of aliphatic carboxylic acids is 2. The van der Waals surface area contributed by atoms with Crippen molar-refractivity contribution in [2.24, 2.45) is 0 Å². The second-order valence-electron chi connectivity index (χ2n) is 9.34. The molecule has 2 aromatic carbocycles. The Kier molecular flexibility index (Phi) is 10.6. The summed E-state index contributed by atoms with van der Waals surface area (Å²) in [5.74, 6) is -1.98. The van der Waals surface area contributed by atoms with Crippen LogP contribution >= 0.6 is 23.2 Å². The van der Waals surface area contributed by atoms with E-state index >= 15 is 0 Å². The molecule has 0 unspecified atom stereocenters. The molecule has 0 fully saturated rings. The SMILES string of the molecule is Cc1nc(NCCN(CC(=O)O)CC(=O)O)c(NCc2ncc(-c3cc(Cl)ccc3Cl)o2)c(Nc2ccccc2C(=O)O)n1. The van der Waals surface area contributed by atoms with Crippen molar-refractivity contribution in [1.29, 1.82) is 0 Å². The van der Waals surface area contributed by atoms with E-state index < -0.39 is 31.0 Å². The minimum Gasteiger partial charge on any atom is -0.480 e. The summed E-state index contributed by atoms with van der Waals surface area (Å²) in [5.41, 5.74) is 1.16. The lowest BCUT2D eigenvalue weighted by Crippen LogP contribution is -2.37. The van der Waals surface area contributed by atoms with Crippen molar-refractivity contribution in [3.8, 4) is 11.3 Å². The van der Waals surface area contributed by atoms with Crippen LogP contribution in [-0.2, 0) is 16.1 Å². The van der Waals surface area contributed by atoms with Crippen molar-refractivity contribution >= 4 is 64.1 Å². The van der Waals surface area contributed by atoms with Gasteiger partial charge in [0.2, 0.25) is 5.89 Å². The number of aryl methyl sites for hydroxylation is 1. The summed E-state index contributed by atoms with van der Waals surface area (Å²) in [6, 6.07) is 11.2. The number of carbonyl (C=O) groups is 3. The van der Waals surface area contributed by atoms with Crippen LogP contribution in [0.25, 0.3) is 11.3 Å². The Labute approximate surface area is 260 Å². The van der Waals surface area contributed by atoms with Crippen molar-refractivity contribution in [2.45, 2.75) is 13.5 Å². The van der Waals surface area contributed by atoms with Crippen LogP contribution < -0.4 is 16.0 Å². The third-order valence-electron chi connectivity index (χ3n) is 6.03. The van der Waals surface area contributed by atoms with E-state index in [1.54, 1.807) is 43.3 Å². The minimum atomic E-state index is -1.17. The monoisotopic (exact) mass is 643 g/mol. The highest BCUT2D eigenvalue weighted by Crippen LogP contribution is 2.33. The summed E-state index contributed by atoms with van der Waals surface area (Å²) in [6.45, 7) is 0.925. The molecule has 0 saturated carbocycles. The molecular weight excluding hydrogens is 617 g/mol. The maximum absolute atomic E-state index is 11.8. The van der Waals surface area contributed by atoms with Crippen LogP contribution in [0.4, 0.5) is 23.0 Å². The van der Waals surface area contributed by atoms with E-state index in [-0.39, 0.29) is 48.4 Å². The number of hydrogen-bond donors (Lipinski definition) is 6. The lowest BCUT2D eigenvalue weighted by atomic mass is 10.2. The Morgan fingerprint density at radius 1 is 0.955 bits per heavy atom. The van der Waals surface area contributed by atoms with Crippen molar-refractivity contribution in [3.63, 3.8) is 0 Å². The lowest BCUT2D eigenvalue weighted by Gasteiger charge is -2.21. The number of aromatic carboxylic acids is 1. The number of rotatable bonds is 15. The van der Waals surface area contributed by atoms with Gasteiger partial charge in [-0.1, -0.05) is 35.3 Å². The number of nitrogens with one attached hydrogen (secondary N) is 3. The van der Waals surface area contributed by atoms with Crippen molar-refractivity contribution < 1.29 is 34.1 Å². The highest BCUT2D eigenvalue weighted by molar-refractivity contribution is 6.35. The normalized spacial score (nSPS) is 10.9. The first-order chi connectivity index (χ1) is 21.0. The zero-order valence-electron chi connectivity index (χ0n) is 23.2. The van der Waals surface area contributed by atoms with Crippen LogP contribution in [0.2, 0.25) is 10.0 Å². The third-order valence-corrected chi connectivity index (χ3v) is 6.60. The van der Waals surface area contributed by atoms with E-state index in [4.69, 9.17) is 37.8 Å². The van der Waals surface area contributed by atoms with E-state index in [1.807, 2.05) is 0 Å². The minimum absolute atomic E-state index is 0.0120. The van der Waals surface area contributed by atoms with Gasteiger partial charge in [0.15, 0.2) is 17.4 Å². The van der Waals surface area contributed by atoms with Gasteiger partial charge in [0.25, 0.3) is 0 Å². The first-order valence-electron chi connectivity index (χ1n) is 13.0. The van der Waals surface area contributed by atoms with E-state index in [0.29, 0.717) is 32.9 Å². The summed E-state index contributed by atoms with van der Waals surface area (Å²) >= 11 is 12.4. The van der Waals surface area contributed by atoms with Crippen LogP contribution in [0.15, 0.2) is 53.1 Å². The van der Waals surface area contributed by atoms with Gasteiger partial charge < -0.3 is 35.7 Å². The molecule has 0 spiro atoms. The number of nitrogens with zero attached hydrogens (tertiary/aromatic N) is 4. The van der Waals surface area contributed by atoms with Gasteiger partial charge in [0.05, 0.1) is 42.1 Å². The van der Waals surface area contributed by atoms with Crippen molar-refractivity contribution in [1.82, 2.24) is 19.9 Å². The molecule has 0 atom stereocenters. The number of para-hydroxylation sites is 1. The molecule has 4 rings (SSSR count). The van der Waals surface area contributed by atoms with Gasteiger partial charge in [-0.15, -0.1) is 0 Å². The molecule has 0 aliphatic carbocycles. The number of carboxylic acid groups (broad SMARTS) is 3. The predicted octanol–water partition coefficient (Wildman–Crippen LogP) is 4.68. The van der Waals surface area contributed by atoms with Crippen LogP contribution in [-0.4, -0.2) is 79.3 Å². The first kappa shape index (κ1) is 32.0. The van der Waals surface area contributed by atoms with Gasteiger partial charge in [-0.05, 0) is 37.3 Å². The molecule has 2 heterocycles. The molecule has 0 radical (unpaired) electrons. The Hall–Kier alpha value is -4.92. The molecule has 0 saturated heterocycles. The lowest BCUT2D eigenvalue weighted by molar-refractivity contribution is -0.141. The summed E-state index contributed by atoms with van der Waals surface area (Å²) in [5, 5.41) is 38.2. The molecule has 0 amide bonds. The van der Waals surface area contributed by atoms with Gasteiger partial charge >= 0.3 is 17.9 Å². The molecular formula is C28H27Cl2N7O7. The van der Waals surface area contributed by atoms with Crippen molar-refractivity contribution in [3.05, 3.63) is 76.0 Å². The Balaban J connectivity index is 1.63. The molecule has 14 nitrogen and oxygen atoms in total. The maximum Gasteiger partial charge on any atom is 0.337 e. The van der Waals surface area contributed by atoms with Gasteiger partial charge in [0, 0.05) is 23.7 Å². The van der Waals surface area contributed by atoms with E-state index in [9.17, 15) is 19.5 Å². The van der Waals surface area contributed by atoms with Crippen LogP contribution in [0.1, 0.15) is 22.1 Å². The number of oxazole rings is 1. The topological polar surface area (TPSA) is 203 Å². The zero-order chi connectivity index (χ0) is 31.8. The second kappa shape index (κ2) is 14.5. The fourth-order valence-electron chi connectivity index (χ4n) is 4.16. The summed E-state index contributed by atoms with van der Waals surface area (Å²) in [6.07, 6.45) is 1.50. The quantitative estimate of drug-likeness (QED) is 0.104. The Morgan fingerprint density at radius 2 is 1.66 bits per heavy atom.